The van der Waals surface area contributed by atoms with E-state index in [1.165, 1.54) is 23.1 Å². The van der Waals surface area contributed by atoms with Gasteiger partial charge in [-0.3, -0.25) is 4.90 Å². The predicted octanol–water partition coefficient (Wildman–Crippen LogP) is 4.11. The first-order valence-corrected chi connectivity index (χ1v) is 7.43. The van der Waals surface area contributed by atoms with Gasteiger partial charge in [0.1, 0.15) is 11.4 Å². The molecule has 0 aliphatic carbocycles. The maximum Gasteiger partial charge on any atom is 0.415 e. The van der Waals surface area contributed by atoms with Gasteiger partial charge in [0.2, 0.25) is 0 Å². The Morgan fingerprint density at radius 3 is 2.67 bits per heavy atom. The number of aromatic nitrogens is 2. The zero-order chi connectivity index (χ0) is 17.9. The molecule has 1 aromatic heterocycles. The molecule has 0 saturated carbocycles. The third-order valence-electron chi connectivity index (χ3n) is 2.95. The number of carbonyl (C=O) groups is 1. The highest BCUT2D eigenvalue weighted by Crippen LogP contribution is 2.26. The zero-order valence-electron chi connectivity index (χ0n) is 14.2. The van der Waals surface area contributed by atoms with Crippen LogP contribution in [0.15, 0.2) is 35.4 Å². The van der Waals surface area contributed by atoms with Gasteiger partial charge in [0.25, 0.3) is 5.89 Å². The lowest BCUT2D eigenvalue weighted by molar-refractivity contribution is 0.0584. The van der Waals surface area contributed by atoms with Gasteiger partial charge in [-0.15, -0.1) is 6.58 Å². The number of aryl methyl sites for hydroxylation is 1. The molecular formula is C17H20FN3O3. The number of rotatable bonds is 4. The topological polar surface area (TPSA) is 68.5 Å². The normalized spacial score (nSPS) is 11.2. The molecular weight excluding hydrogens is 313 g/mol. The van der Waals surface area contributed by atoms with Crippen molar-refractivity contribution in [3.8, 4) is 11.5 Å². The predicted molar refractivity (Wildman–Crippen MR) is 88.2 cm³/mol. The fourth-order valence-electron chi connectivity index (χ4n) is 1.98. The summed E-state index contributed by atoms with van der Waals surface area (Å²) in [6, 6.07) is 4.30. The number of halogens is 1. The molecule has 0 fully saturated rings. The third-order valence-corrected chi connectivity index (χ3v) is 2.95. The van der Waals surface area contributed by atoms with Gasteiger partial charge < -0.3 is 9.26 Å². The van der Waals surface area contributed by atoms with E-state index in [0.717, 1.165) is 0 Å². The van der Waals surface area contributed by atoms with Crippen molar-refractivity contribution in [3.63, 3.8) is 0 Å². The van der Waals surface area contributed by atoms with Crippen LogP contribution in [0.3, 0.4) is 0 Å². The first kappa shape index (κ1) is 17.7. The van der Waals surface area contributed by atoms with E-state index in [9.17, 15) is 9.18 Å². The standard InChI is InChI=1S/C17H20FN3O3/c1-6-9-21(16(22)23-17(3,4)5)12-7-8-13(14(18)10-12)15-19-11(2)20-24-15/h6-8,10H,1,9H2,2-5H3. The molecule has 24 heavy (non-hydrogen) atoms. The summed E-state index contributed by atoms with van der Waals surface area (Å²) < 4.78 is 24.7. The maximum atomic E-state index is 14.4. The lowest BCUT2D eigenvalue weighted by atomic mass is 10.1. The molecule has 1 amide bonds. The highest BCUT2D eigenvalue weighted by molar-refractivity contribution is 5.88. The second-order valence-corrected chi connectivity index (χ2v) is 6.19. The summed E-state index contributed by atoms with van der Waals surface area (Å²) in [5.41, 5.74) is -0.139. The summed E-state index contributed by atoms with van der Waals surface area (Å²) in [7, 11) is 0. The minimum Gasteiger partial charge on any atom is -0.443 e. The second kappa shape index (κ2) is 6.82. The van der Waals surface area contributed by atoms with Crippen LogP contribution in [0, 0.1) is 12.7 Å². The molecule has 0 unspecified atom stereocenters. The van der Waals surface area contributed by atoms with Gasteiger partial charge in [-0.05, 0) is 45.9 Å². The molecule has 7 heteroatoms. The van der Waals surface area contributed by atoms with E-state index >= 15 is 0 Å². The number of hydrogen-bond donors (Lipinski definition) is 0. The summed E-state index contributed by atoms with van der Waals surface area (Å²) in [6.45, 7) is 10.7. The Bertz CT molecular complexity index is 750. The molecule has 6 nitrogen and oxygen atoms in total. The van der Waals surface area contributed by atoms with Crippen molar-refractivity contribution in [2.75, 3.05) is 11.4 Å². The molecule has 1 aromatic carbocycles. The number of amides is 1. The molecule has 128 valence electrons. The minimum absolute atomic E-state index is 0.0871. The van der Waals surface area contributed by atoms with E-state index in [1.807, 2.05) is 0 Å². The van der Waals surface area contributed by atoms with Gasteiger partial charge in [-0.25, -0.2) is 9.18 Å². The molecule has 0 spiro atoms. The number of benzene rings is 1. The van der Waals surface area contributed by atoms with Gasteiger partial charge in [0.15, 0.2) is 5.82 Å². The zero-order valence-corrected chi connectivity index (χ0v) is 14.2. The van der Waals surface area contributed by atoms with E-state index in [1.54, 1.807) is 33.8 Å². The van der Waals surface area contributed by atoms with Crippen LogP contribution < -0.4 is 4.90 Å². The highest BCUT2D eigenvalue weighted by atomic mass is 19.1. The van der Waals surface area contributed by atoms with Crippen molar-refractivity contribution < 1.29 is 18.4 Å². The Morgan fingerprint density at radius 2 is 2.17 bits per heavy atom. The third kappa shape index (κ3) is 4.18. The quantitative estimate of drug-likeness (QED) is 0.788. The summed E-state index contributed by atoms with van der Waals surface area (Å²) in [5.74, 6) is -0.0756. The number of nitrogens with zero attached hydrogens (tertiary/aromatic N) is 3. The van der Waals surface area contributed by atoms with Crippen molar-refractivity contribution in [1.29, 1.82) is 0 Å². The van der Waals surface area contributed by atoms with Crippen LogP contribution in [-0.4, -0.2) is 28.4 Å². The van der Waals surface area contributed by atoms with Crippen LogP contribution in [0.2, 0.25) is 0 Å². The fourth-order valence-corrected chi connectivity index (χ4v) is 1.98. The van der Waals surface area contributed by atoms with Crippen molar-refractivity contribution in [3.05, 3.63) is 42.5 Å². The number of hydrogen-bond acceptors (Lipinski definition) is 5. The van der Waals surface area contributed by atoms with Gasteiger partial charge >= 0.3 is 6.09 Å². The fraction of sp³-hybridized carbons (Fsp3) is 0.353. The van der Waals surface area contributed by atoms with Crippen molar-refractivity contribution >= 4 is 11.8 Å². The van der Waals surface area contributed by atoms with Gasteiger partial charge in [-0.1, -0.05) is 11.2 Å². The van der Waals surface area contributed by atoms with E-state index in [2.05, 4.69) is 16.7 Å². The van der Waals surface area contributed by atoms with Gasteiger partial charge in [0.05, 0.1) is 11.3 Å². The molecule has 0 aliphatic heterocycles. The smallest absolute Gasteiger partial charge is 0.415 e. The van der Waals surface area contributed by atoms with Gasteiger partial charge in [0, 0.05) is 6.54 Å². The molecule has 0 bridgehead atoms. The SMILES string of the molecule is C=CCN(C(=O)OC(C)(C)C)c1ccc(-c2nc(C)no2)c(F)c1. The Balaban J connectivity index is 2.33. The summed E-state index contributed by atoms with van der Waals surface area (Å²) in [4.78, 5) is 17.6. The van der Waals surface area contributed by atoms with E-state index < -0.39 is 17.5 Å². The highest BCUT2D eigenvalue weighted by Gasteiger charge is 2.24. The van der Waals surface area contributed by atoms with Crippen LogP contribution in [-0.2, 0) is 4.74 Å². The average Bonchev–Trinajstić information content (AvgIpc) is 2.89. The molecule has 0 saturated heterocycles. The summed E-state index contributed by atoms with van der Waals surface area (Å²) >= 11 is 0. The molecule has 0 radical (unpaired) electrons. The van der Waals surface area contributed by atoms with Gasteiger partial charge in [-0.2, -0.15) is 4.98 Å². The largest absolute Gasteiger partial charge is 0.443 e. The number of carbonyl (C=O) groups excluding carboxylic acids is 1. The first-order chi connectivity index (χ1) is 11.2. The van der Waals surface area contributed by atoms with Crippen LogP contribution >= 0.6 is 0 Å². The number of anilines is 1. The molecule has 0 atom stereocenters. The van der Waals surface area contributed by atoms with Crippen molar-refractivity contribution in [1.82, 2.24) is 10.1 Å². The van der Waals surface area contributed by atoms with Crippen LogP contribution in [0.1, 0.15) is 26.6 Å². The molecule has 0 N–H and O–H groups in total. The molecule has 1 heterocycles. The Hall–Kier alpha value is -2.70. The Labute approximate surface area is 139 Å². The first-order valence-electron chi connectivity index (χ1n) is 7.43. The van der Waals surface area contributed by atoms with Crippen LogP contribution in [0.4, 0.5) is 14.9 Å². The van der Waals surface area contributed by atoms with Crippen LogP contribution in [0.25, 0.3) is 11.5 Å². The van der Waals surface area contributed by atoms with E-state index in [-0.39, 0.29) is 18.0 Å². The van der Waals surface area contributed by atoms with E-state index in [4.69, 9.17) is 9.26 Å². The molecule has 2 rings (SSSR count). The van der Waals surface area contributed by atoms with E-state index in [0.29, 0.717) is 11.5 Å². The summed E-state index contributed by atoms with van der Waals surface area (Å²) in [5, 5.41) is 3.64. The Morgan fingerprint density at radius 1 is 1.46 bits per heavy atom. The molecule has 0 aliphatic rings. The maximum absolute atomic E-state index is 14.4. The second-order valence-electron chi connectivity index (χ2n) is 6.19. The lowest BCUT2D eigenvalue weighted by Gasteiger charge is -2.26. The van der Waals surface area contributed by atoms with Crippen LogP contribution in [0.5, 0.6) is 0 Å². The summed E-state index contributed by atoms with van der Waals surface area (Å²) in [6.07, 6.45) is 0.958. The monoisotopic (exact) mass is 333 g/mol. The average molecular weight is 333 g/mol. The lowest BCUT2D eigenvalue weighted by Crippen LogP contribution is -2.37. The number of ether oxygens (including phenoxy) is 1. The van der Waals surface area contributed by atoms with Crippen molar-refractivity contribution in [2.45, 2.75) is 33.3 Å². The Kier molecular flexibility index (Phi) is 5.02. The molecule has 2 aromatic rings. The van der Waals surface area contributed by atoms with Crippen molar-refractivity contribution in [2.24, 2.45) is 0 Å². The minimum atomic E-state index is -0.656.